The Labute approximate surface area is 178 Å². The lowest BCUT2D eigenvalue weighted by molar-refractivity contribution is 0.186. The fourth-order valence-electron chi connectivity index (χ4n) is 5.45. The van der Waals surface area contributed by atoms with Crippen molar-refractivity contribution in [3.63, 3.8) is 0 Å². The zero-order valence-corrected chi connectivity index (χ0v) is 17.2. The standard InChI is InChI=1S/C24H21ClFN3O/c1-12(24-28-20-4-2-13(25)8-21(20)29-24)23-16-10-15(11-17(16)23)30-22-6-7-27-19-5-3-14(26)9-18(19)22/h2-9,12,15-17,23H,10-11H2,1H3,(H,28,29)/t12?,15-,16-,17+,23-. The Kier molecular flexibility index (Phi) is 4.03. The minimum atomic E-state index is -0.268. The molecule has 1 unspecified atom stereocenters. The molecule has 2 aliphatic carbocycles. The number of nitrogens with one attached hydrogen (secondary N) is 1. The number of H-pyrrole nitrogens is 1. The summed E-state index contributed by atoms with van der Waals surface area (Å²) in [5.74, 6) is 3.83. The molecule has 1 N–H and O–H groups in total. The summed E-state index contributed by atoms with van der Waals surface area (Å²) in [4.78, 5) is 12.6. The number of fused-ring (bicyclic) bond motifs is 3. The SMILES string of the molecule is CC(c1nc2cc(Cl)ccc2[nH]1)[C@@H]1[C@@H]2C[C@@H](Oc3ccnc4ccc(F)cc34)C[C@@H]21. The molecule has 0 spiro atoms. The summed E-state index contributed by atoms with van der Waals surface area (Å²) in [5, 5.41) is 1.45. The Morgan fingerprint density at radius 2 is 1.93 bits per heavy atom. The van der Waals surface area contributed by atoms with Crippen LogP contribution in [0.15, 0.2) is 48.7 Å². The predicted molar refractivity (Wildman–Crippen MR) is 115 cm³/mol. The first kappa shape index (κ1) is 18.1. The molecule has 4 aromatic rings. The maximum Gasteiger partial charge on any atom is 0.130 e. The van der Waals surface area contributed by atoms with Crippen molar-refractivity contribution in [2.75, 3.05) is 0 Å². The number of benzene rings is 2. The maximum absolute atomic E-state index is 13.7. The second-order valence-corrected chi connectivity index (χ2v) is 9.10. The molecule has 6 heteroatoms. The van der Waals surface area contributed by atoms with Gasteiger partial charge in [0, 0.05) is 22.5 Å². The molecule has 2 saturated carbocycles. The van der Waals surface area contributed by atoms with E-state index in [0.717, 1.165) is 46.4 Å². The van der Waals surface area contributed by atoms with E-state index in [1.807, 2.05) is 24.3 Å². The molecule has 0 radical (unpaired) electrons. The minimum absolute atomic E-state index is 0.173. The van der Waals surface area contributed by atoms with E-state index in [1.54, 1.807) is 12.3 Å². The van der Waals surface area contributed by atoms with E-state index in [9.17, 15) is 4.39 Å². The molecule has 2 aromatic carbocycles. The number of ether oxygens (including phenoxy) is 1. The summed E-state index contributed by atoms with van der Waals surface area (Å²) < 4.78 is 20.0. The van der Waals surface area contributed by atoms with Gasteiger partial charge >= 0.3 is 0 Å². The number of pyridine rings is 1. The molecule has 2 aliphatic rings. The number of rotatable bonds is 4. The topological polar surface area (TPSA) is 50.8 Å². The first-order valence-electron chi connectivity index (χ1n) is 10.4. The van der Waals surface area contributed by atoms with Crippen LogP contribution >= 0.6 is 11.6 Å². The van der Waals surface area contributed by atoms with Gasteiger partial charge in [-0.2, -0.15) is 0 Å². The van der Waals surface area contributed by atoms with Crippen LogP contribution in [0.5, 0.6) is 5.75 Å². The Bertz CT molecular complexity index is 1260. The lowest BCUT2D eigenvalue weighted by atomic mass is 9.97. The summed E-state index contributed by atoms with van der Waals surface area (Å²) in [7, 11) is 0. The van der Waals surface area contributed by atoms with Crippen LogP contribution < -0.4 is 4.74 Å². The Balaban J connectivity index is 1.16. The Morgan fingerprint density at radius 3 is 2.77 bits per heavy atom. The lowest BCUT2D eigenvalue weighted by Gasteiger charge is -2.19. The Hall–Kier alpha value is -2.66. The molecular weight excluding hydrogens is 401 g/mol. The van der Waals surface area contributed by atoms with Crippen molar-refractivity contribution < 1.29 is 9.13 Å². The molecule has 2 heterocycles. The molecule has 0 amide bonds. The molecular formula is C24H21ClFN3O. The molecule has 0 aliphatic heterocycles. The van der Waals surface area contributed by atoms with Crippen LogP contribution in [0.4, 0.5) is 4.39 Å². The van der Waals surface area contributed by atoms with Crippen molar-refractivity contribution in [2.24, 2.45) is 17.8 Å². The van der Waals surface area contributed by atoms with Gasteiger partial charge in [0.1, 0.15) is 17.4 Å². The van der Waals surface area contributed by atoms with Crippen molar-refractivity contribution in [1.29, 1.82) is 0 Å². The monoisotopic (exact) mass is 421 g/mol. The van der Waals surface area contributed by atoms with Gasteiger partial charge in [0.15, 0.2) is 0 Å². The quantitative estimate of drug-likeness (QED) is 0.432. The van der Waals surface area contributed by atoms with E-state index < -0.39 is 0 Å². The minimum Gasteiger partial charge on any atom is -0.490 e. The number of halogens is 2. The van der Waals surface area contributed by atoms with E-state index in [2.05, 4.69) is 16.9 Å². The highest BCUT2D eigenvalue weighted by Crippen LogP contribution is 2.63. The van der Waals surface area contributed by atoms with Gasteiger partial charge in [0.25, 0.3) is 0 Å². The number of hydrogen-bond donors (Lipinski definition) is 1. The van der Waals surface area contributed by atoms with Gasteiger partial charge in [-0.25, -0.2) is 9.37 Å². The summed E-state index contributed by atoms with van der Waals surface area (Å²) in [6.07, 6.45) is 3.96. The maximum atomic E-state index is 13.7. The van der Waals surface area contributed by atoms with Gasteiger partial charge in [-0.05, 0) is 73.1 Å². The van der Waals surface area contributed by atoms with Gasteiger partial charge in [-0.1, -0.05) is 18.5 Å². The van der Waals surface area contributed by atoms with Crippen LogP contribution in [0, 0.1) is 23.6 Å². The van der Waals surface area contributed by atoms with Crippen LogP contribution in [-0.4, -0.2) is 21.1 Å². The van der Waals surface area contributed by atoms with E-state index in [4.69, 9.17) is 21.3 Å². The molecule has 152 valence electrons. The highest BCUT2D eigenvalue weighted by molar-refractivity contribution is 6.31. The van der Waals surface area contributed by atoms with Gasteiger partial charge in [0.2, 0.25) is 0 Å². The summed E-state index contributed by atoms with van der Waals surface area (Å²) in [5.41, 5.74) is 2.71. The second-order valence-electron chi connectivity index (χ2n) is 8.66. The third-order valence-electron chi connectivity index (χ3n) is 6.90. The van der Waals surface area contributed by atoms with Crippen molar-refractivity contribution >= 4 is 33.5 Å². The summed E-state index contributed by atoms with van der Waals surface area (Å²) in [6, 6.07) is 12.3. The molecule has 2 fully saturated rings. The number of hydrogen-bond acceptors (Lipinski definition) is 3. The molecule has 0 saturated heterocycles. The van der Waals surface area contributed by atoms with Crippen molar-refractivity contribution in [1.82, 2.24) is 15.0 Å². The smallest absolute Gasteiger partial charge is 0.130 e. The summed E-state index contributed by atoms with van der Waals surface area (Å²) in [6.45, 7) is 2.26. The predicted octanol–water partition coefficient (Wildman–Crippen LogP) is 6.11. The first-order chi connectivity index (χ1) is 14.6. The molecule has 5 atom stereocenters. The van der Waals surface area contributed by atoms with Crippen LogP contribution in [0.1, 0.15) is 31.5 Å². The fraction of sp³-hybridized carbons (Fsp3) is 0.333. The van der Waals surface area contributed by atoms with E-state index in [-0.39, 0.29) is 11.9 Å². The molecule has 0 bridgehead atoms. The number of aromatic nitrogens is 3. The highest BCUT2D eigenvalue weighted by Gasteiger charge is 2.59. The average Bonchev–Trinajstić information content (AvgIpc) is 3.06. The largest absolute Gasteiger partial charge is 0.490 e. The lowest BCUT2D eigenvalue weighted by Crippen LogP contribution is -2.17. The second kappa shape index (κ2) is 6.67. The third-order valence-corrected chi connectivity index (χ3v) is 7.13. The zero-order valence-electron chi connectivity index (χ0n) is 16.5. The summed E-state index contributed by atoms with van der Waals surface area (Å²) >= 11 is 6.10. The van der Waals surface area contributed by atoms with E-state index in [0.29, 0.717) is 28.7 Å². The average molecular weight is 422 g/mol. The van der Waals surface area contributed by atoms with Crippen LogP contribution in [0.3, 0.4) is 0 Å². The van der Waals surface area contributed by atoms with Crippen LogP contribution in [0.2, 0.25) is 5.02 Å². The van der Waals surface area contributed by atoms with Gasteiger partial charge in [0.05, 0.1) is 22.7 Å². The zero-order chi connectivity index (χ0) is 20.4. The molecule has 30 heavy (non-hydrogen) atoms. The third kappa shape index (κ3) is 2.95. The van der Waals surface area contributed by atoms with Crippen molar-refractivity contribution in [2.45, 2.75) is 31.8 Å². The fourth-order valence-corrected chi connectivity index (χ4v) is 5.62. The molecule has 6 rings (SSSR count). The first-order valence-corrected chi connectivity index (χ1v) is 10.8. The molecule has 2 aromatic heterocycles. The van der Waals surface area contributed by atoms with Gasteiger partial charge in [-0.3, -0.25) is 4.98 Å². The Morgan fingerprint density at radius 1 is 1.10 bits per heavy atom. The van der Waals surface area contributed by atoms with Crippen LogP contribution in [0.25, 0.3) is 21.9 Å². The number of aromatic amines is 1. The van der Waals surface area contributed by atoms with Crippen molar-refractivity contribution in [3.05, 3.63) is 65.3 Å². The number of nitrogens with zero attached hydrogens (tertiary/aromatic N) is 2. The number of imidazole rings is 1. The molecule has 4 nitrogen and oxygen atoms in total. The van der Waals surface area contributed by atoms with Gasteiger partial charge < -0.3 is 9.72 Å². The van der Waals surface area contributed by atoms with Crippen LogP contribution in [-0.2, 0) is 0 Å². The van der Waals surface area contributed by atoms with Crippen molar-refractivity contribution in [3.8, 4) is 5.75 Å². The normalized spacial score (nSPS) is 26.1. The van der Waals surface area contributed by atoms with Gasteiger partial charge in [-0.15, -0.1) is 0 Å². The highest BCUT2D eigenvalue weighted by atomic mass is 35.5. The van der Waals surface area contributed by atoms with E-state index in [1.165, 1.54) is 12.1 Å². The van der Waals surface area contributed by atoms with E-state index >= 15 is 0 Å².